The van der Waals surface area contributed by atoms with Gasteiger partial charge in [0, 0.05) is 31.6 Å². The van der Waals surface area contributed by atoms with Crippen LogP contribution in [-0.2, 0) is 11.2 Å². The first-order valence-corrected chi connectivity index (χ1v) is 13.2. The third kappa shape index (κ3) is 7.29. The topological polar surface area (TPSA) is 62.2 Å². The van der Waals surface area contributed by atoms with E-state index in [0.29, 0.717) is 18.5 Å². The van der Waals surface area contributed by atoms with E-state index in [1.165, 1.54) is 38.5 Å². The number of ketones is 1. The lowest BCUT2D eigenvalue weighted by Gasteiger charge is -2.30. The Labute approximate surface area is 209 Å². The summed E-state index contributed by atoms with van der Waals surface area (Å²) < 4.78 is 11.8. The molecule has 190 valence electrons. The van der Waals surface area contributed by atoms with E-state index in [1.807, 2.05) is 36.4 Å². The molecule has 4 rings (SSSR count). The van der Waals surface area contributed by atoms with Gasteiger partial charge in [0.25, 0.3) is 0 Å². The summed E-state index contributed by atoms with van der Waals surface area (Å²) >= 11 is 0. The Kier molecular flexibility index (Phi) is 9.57. The van der Waals surface area contributed by atoms with Crippen molar-refractivity contribution >= 4 is 11.5 Å². The average Bonchev–Trinajstić information content (AvgIpc) is 2.92. The van der Waals surface area contributed by atoms with Crippen molar-refractivity contribution in [2.24, 2.45) is 0 Å². The molecule has 2 saturated heterocycles. The standard InChI is InChI=1S/C29H40N2O4/c1-34-27-19-23(13-14-26(27)31-17-9-4-10-18-31)20-28(29(33)24-11-5-2-6-12-24)35-22-25(32)21-30-15-7-3-8-16-30/h2,5-6,11-14,19,25,28,32H,3-4,7-10,15-18,20-22H2,1H3. The molecular formula is C29H40N2O4. The summed E-state index contributed by atoms with van der Waals surface area (Å²) in [6, 6.07) is 15.5. The fourth-order valence-corrected chi connectivity index (χ4v) is 5.19. The molecular weight excluding hydrogens is 440 g/mol. The minimum atomic E-state index is -0.668. The van der Waals surface area contributed by atoms with Crippen LogP contribution in [0.4, 0.5) is 5.69 Å². The fraction of sp³-hybridized carbons (Fsp3) is 0.552. The summed E-state index contributed by atoms with van der Waals surface area (Å²) in [7, 11) is 1.70. The van der Waals surface area contributed by atoms with Gasteiger partial charge < -0.3 is 24.4 Å². The molecule has 1 N–H and O–H groups in total. The van der Waals surface area contributed by atoms with E-state index >= 15 is 0 Å². The quantitative estimate of drug-likeness (QED) is 0.483. The normalized spacial score (nSPS) is 18.7. The Hall–Kier alpha value is -2.41. The van der Waals surface area contributed by atoms with Crippen LogP contribution in [0.2, 0.25) is 0 Å². The van der Waals surface area contributed by atoms with Gasteiger partial charge in [-0.3, -0.25) is 4.79 Å². The molecule has 0 bridgehead atoms. The molecule has 0 aromatic heterocycles. The molecule has 0 aliphatic carbocycles. The molecule has 2 aliphatic heterocycles. The number of likely N-dealkylation sites (tertiary alicyclic amines) is 1. The van der Waals surface area contributed by atoms with Crippen LogP contribution in [0.15, 0.2) is 48.5 Å². The second-order valence-corrected chi connectivity index (χ2v) is 9.83. The molecule has 0 radical (unpaired) electrons. The average molecular weight is 481 g/mol. The number of benzene rings is 2. The monoisotopic (exact) mass is 480 g/mol. The maximum absolute atomic E-state index is 13.4. The van der Waals surface area contributed by atoms with Crippen LogP contribution in [0.5, 0.6) is 5.75 Å². The van der Waals surface area contributed by atoms with Gasteiger partial charge >= 0.3 is 0 Å². The van der Waals surface area contributed by atoms with Crippen molar-refractivity contribution < 1.29 is 19.4 Å². The highest BCUT2D eigenvalue weighted by Crippen LogP contribution is 2.32. The number of hydrogen-bond donors (Lipinski definition) is 1. The van der Waals surface area contributed by atoms with Crippen LogP contribution in [-0.4, -0.2) is 74.4 Å². The molecule has 0 spiro atoms. The number of hydrogen-bond acceptors (Lipinski definition) is 6. The maximum Gasteiger partial charge on any atom is 0.191 e. The van der Waals surface area contributed by atoms with E-state index in [9.17, 15) is 9.90 Å². The smallest absolute Gasteiger partial charge is 0.191 e. The molecule has 0 amide bonds. The molecule has 2 atom stereocenters. The second kappa shape index (κ2) is 13.1. The SMILES string of the molecule is COc1cc(CC(OCC(O)CN2CCCCC2)C(=O)c2ccccc2)ccc1N1CCCCC1. The highest BCUT2D eigenvalue weighted by molar-refractivity contribution is 5.99. The molecule has 2 heterocycles. The lowest BCUT2D eigenvalue weighted by Crippen LogP contribution is -2.39. The molecule has 35 heavy (non-hydrogen) atoms. The third-order valence-corrected chi connectivity index (χ3v) is 7.12. The van der Waals surface area contributed by atoms with E-state index in [4.69, 9.17) is 9.47 Å². The number of carbonyl (C=O) groups is 1. The summed E-state index contributed by atoms with van der Waals surface area (Å²) in [5.41, 5.74) is 2.72. The first kappa shape index (κ1) is 25.7. The number of aliphatic hydroxyl groups is 1. The predicted molar refractivity (Wildman–Crippen MR) is 140 cm³/mol. The zero-order chi connectivity index (χ0) is 24.5. The Balaban J connectivity index is 1.45. The van der Waals surface area contributed by atoms with Gasteiger partial charge in [-0.15, -0.1) is 0 Å². The van der Waals surface area contributed by atoms with E-state index < -0.39 is 12.2 Å². The van der Waals surface area contributed by atoms with Gasteiger partial charge in [-0.25, -0.2) is 0 Å². The Morgan fingerprint density at radius 3 is 2.31 bits per heavy atom. The summed E-state index contributed by atoms with van der Waals surface area (Å²) in [6.07, 6.45) is 6.45. The van der Waals surface area contributed by atoms with Gasteiger partial charge in [0.15, 0.2) is 5.78 Å². The Bertz CT molecular complexity index is 924. The number of anilines is 1. The number of β-amino-alcohol motifs (C(OH)–C–C–N with tert-alkyl or cyclic N) is 1. The summed E-state index contributed by atoms with van der Waals surface area (Å²) in [5.74, 6) is 0.773. The number of methoxy groups -OCH3 is 1. The van der Waals surface area contributed by atoms with Crippen molar-refractivity contribution in [2.45, 2.75) is 57.2 Å². The minimum Gasteiger partial charge on any atom is -0.495 e. The zero-order valence-electron chi connectivity index (χ0n) is 21.0. The highest BCUT2D eigenvalue weighted by atomic mass is 16.5. The first-order valence-electron chi connectivity index (χ1n) is 13.2. The van der Waals surface area contributed by atoms with Crippen molar-refractivity contribution in [1.82, 2.24) is 4.90 Å². The molecule has 2 aliphatic rings. The summed E-state index contributed by atoms with van der Waals surface area (Å²) in [5, 5.41) is 10.6. The molecule has 6 nitrogen and oxygen atoms in total. The van der Waals surface area contributed by atoms with Crippen LogP contribution in [0.3, 0.4) is 0 Å². The Morgan fingerprint density at radius 1 is 0.943 bits per heavy atom. The van der Waals surface area contributed by atoms with Crippen molar-refractivity contribution in [1.29, 1.82) is 0 Å². The Morgan fingerprint density at radius 2 is 1.63 bits per heavy atom. The fourth-order valence-electron chi connectivity index (χ4n) is 5.19. The van der Waals surface area contributed by atoms with Crippen LogP contribution in [0, 0.1) is 0 Å². The third-order valence-electron chi connectivity index (χ3n) is 7.12. The van der Waals surface area contributed by atoms with Crippen molar-refractivity contribution in [3.05, 3.63) is 59.7 Å². The van der Waals surface area contributed by atoms with E-state index in [1.54, 1.807) is 7.11 Å². The number of nitrogens with zero attached hydrogens (tertiary/aromatic N) is 2. The largest absolute Gasteiger partial charge is 0.495 e. The lowest BCUT2D eigenvalue weighted by molar-refractivity contribution is -0.0151. The van der Waals surface area contributed by atoms with Gasteiger partial charge in [-0.05, 0) is 62.9 Å². The molecule has 2 aromatic carbocycles. The van der Waals surface area contributed by atoms with E-state index in [0.717, 1.165) is 43.2 Å². The predicted octanol–water partition coefficient (Wildman–Crippen LogP) is 4.34. The van der Waals surface area contributed by atoms with Gasteiger partial charge in [0.1, 0.15) is 11.9 Å². The number of ether oxygens (including phenoxy) is 2. The first-order chi connectivity index (χ1) is 17.1. The lowest BCUT2D eigenvalue weighted by atomic mass is 9.99. The van der Waals surface area contributed by atoms with Gasteiger partial charge in [0.05, 0.1) is 25.5 Å². The zero-order valence-corrected chi connectivity index (χ0v) is 21.0. The van der Waals surface area contributed by atoms with E-state index in [-0.39, 0.29) is 12.4 Å². The summed E-state index contributed by atoms with van der Waals surface area (Å²) in [4.78, 5) is 18.0. The van der Waals surface area contributed by atoms with Crippen molar-refractivity contribution in [3.63, 3.8) is 0 Å². The highest BCUT2D eigenvalue weighted by Gasteiger charge is 2.25. The van der Waals surface area contributed by atoms with E-state index in [2.05, 4.69) is 21.9 Å². The number of Topliss-reactive ketones (excluding diaryl/α,β-unsaturated/α-hetero) is 1. The maximum atomic E-state index is 13.4. The van der Waals surface area contributed by atoms with Crippen molar-refractivity contribution in [2.75, 3.05) is 51.3 Å². The molecule has 0 saturated carbocycles. The minimum absolute atomic E-state index is 0.0603. The summed E-state index contributed by atoms with van der Waals surface area (Å²) in [6.45, 7) is 4.86. The van der Waals surface area contributed by atoms with Crippen molar-refractivity contribution in [3.8, 4) is 5.75 Å². The molecule has 6 heteroatoms. The number of piperidine rings is 2. The van der Waals surface area contributed by atoms with Gasteiger partial charge in [-0.2, -0.15) is 0 Å². The van der Waals surface area contributed by atoms with Gasteiger partial charge in [0.2, 0.25) is 0 Å². The van der Waals surface area contributed by atoms with Crippen LogP contribution in [0.1, 0.15) is 54.4 Å². The number of rotatable bonds is 11. The number of carbonyl (C=O) groups excluding carboxylic acids is 1. The molecule has 2 aromatic rings. The van der Waals surface area contributed by atoms with Crippen LogP contribution >= 0.6 is 0 Å². The number of aliphatic hydroxyl groups excluding tert-OH is 1. The molecule has 2 fully saturated rings. The van der Waals surface area contributed by atoms with Crippen LogP contribution < -0.4 is 9.64 Å². The van der Waals surface area contributed by atoms with Gasteiger partial charge in [-0.1, -0.05) is 42.8 Å². The van der Waals surface area contributed by atoms with Crippen LogP contribution in [0.25, 0.3) is 0 Å². The second-order valence-electron chi connectivity index (χ2n) is 9.83. The molecule has 2 unspecified atom stereocenters.